The van der Waals surface area contributed by atoms with Crippen LogP contribution in [0, 0.1) is 10.1 Å². The summed E-state index contributed by atoms with van der Waals surface area (Å²) in [6, 6.07) is 0. The second-order valence-corrected chi connectivity index (χ2v) is 2.88. The van der Waals surface area contributed by atoms with Crippen LogP contribution < -0.4 is 0 Å². The van der Waals surface area contributed by atoms with E-state index in [1.54, 1.807) is 0 Å². The van der Waals surface area contributed by atoms with Crippen molar-refractivity contribution < 1.29 is 15.4 Å². The van der Waals surface area contributed by atoms with Crippen LogP contribution >= 0.6 is 0 Å². The topological polar surface area (TPSA) is 83.6 Å². The summed E-state index contributed by atoms with van der Waals surface area (Å²) >= 11 is 0. The lowest BCUT2D eigenvalue weighted by molar-refractivity contribution is -0.742. The molecule has 5 heteroatoms. The Morgan fingerprint density at radius 3 is 1.83 bits per heavy atom. The Balaban J connectivity index is 0.000000261. The van der Waals surface area contributed by atoms with Crippen LogP contribution in [0.4, 0.5) is 0 Å². The van der Waals surface area contributed by atoms with E-state index in [-0.39, 0.29) is 6.10 Å². The fourth-order valence-corrected chi connectivity index (χ4v) is 1.26. The lowest BCUT2D eigenvalue weighted by Crippen LogP contribution is -2.02. The number of rotatable bonds is 0. The van der Waals surface area contributed by atoms with E-state index < -0.39 is 5.09 Å². The van der Waals surface area contributed by atoms with E-state index >= 15 is 0 Å². The Morgan fingerprint density at radius 1 is 1.17 bits per heavy atom. The third-order valence-electron chi connectivity index (χ3n) is 1.82. The highest BCUT2D eigenvalue weighted by molar-refractivity contribution is 4.60. The van der Waals surface area contributed by atoms with E-state index in [0.717, 1.165) is 12.8 Å². The molecule has 1 aliphatic carbocycles. The van der Waals surface area contributed by atoms with Gasteiger partial charge in [-0.3, -0.25) is 0 Å². The van der Waals surface area contributed by atoms with Gasteiger partial charge in [-0.25, -0.2) is 0 Å². The summed E-state index contributed by atoms with van der Waals surface area (Å²) in [5.41, 5.74) is 0. The van der Waals surface area contributed by atoms with E-state index in [0.29, 0.717) is 0 Å². The van der Waals surface area contributed by atoms with Crippen molar-refractivity contribution in [2.24, 2.45) is 0 Å². The fraction of sp³-hybridized carbons (Fsp3) is 1.00. The zero-order valence-corrected chi connectivity index (χ0v) is 6.98. The largest absolute Gasteiger partial charge is 0.393 e. The maximum Gasteiger partial charge on any atom is 0.291 e. The maximum atomic E-state index is 9.09. The van der Waals surface area contributed by atoms with Crippen LogP contribution in [0.5, 0.6) is 0 Å². The quantitative estimate of drug-likeness (QED) is 0.332. The number of aliphatic hydroxyl groups excluding tert-OH is 1. The molecule has 1 fully saturated rings. The van der Waals surface area contributed by atoms with Gasteiger partial charge in [0.15, 0.2) is 0 Å². The molecular formula is C7H15NO4. The Morgan fingerprint density at radius 2 is 1.50 bits per heavy atom. The average Bonchev–Trinajstić information content (AvgIpc) is 2.14. The van der Waals surface area contributed by atoms with Crippen LogP contribution in [0.2, 0.25) is 0 Å². The molecule has 1 saturated carbocycles. The van der Waals surface area contributed by atoms with Crippen molar-refractivity contribution in [1.29, 1.82) is 0 Å². The molecule has 0 spiro atoms. The zero-order valence-electron chi connectivity index (χ0n) is 6.98. The lowest BCUT2D eigenvalue weighted by atomic mass is 10.2. The number of hydrogen-bond acceptors (Lipinski definition) is 3. The van der Waals surface area contributed by atoms with Crippen LogP contribution in [-0.4, -0.2) is 21.5 Å². The van der Waals surface area contributed by atoms with Crippen molar-refractivity contribution in [3.63, 3.8) is 0 Å². The van der Waals surface area contributed by atoms with E-state index in [2.05, 4.69) is 0 Å². The van der Waals surface area contributed by atoms with Gasteiger partial charge in [0.05, 0.1) is 6.10 Å². The summed E-state index contributed by atoms with van der Waals surface area (Å²) in [7, 11) is 0. The van der Waals surface area contributed by atoms with E-state index in [1.807, 2.05) is 0 Å². The second-order valence-electron chi connectivity index (χ2n) is 2.88. The smallest absolute Gasteiger partial charge is 0.291 e. The summed E-state index contributed by atoms with van der Waals surface area (Å²) in [4.78, 5) is 8.36. The molecule has 0 aliphatic heterocycles. The Labute approximate surface area is 71.1 Å². The molecule has 1 aliphatic rings. The summed E-state index contributed by atoms with van der Waals surface area (Å²) in [5, 5.41) is 22.7. The Hall–Kier alpha value is -0.840. The van der Waals surface area contributed by atoms with E-state index in [1.165, 1.54) is 25.7 Å². The lowest BCUT2D eigenvalue weighted by Gasteiger charge is -2.02. The zero-order chi connectivity index (χ0) is 9.40. The first kappa shape index (κ1) is 11.2. The molecule has 0 saturated heterocycles. The number of aliphatic hydroxyl groups is 1. The SMILES string of the molecule is O=[N+]([O-])O.OC1CCCCCC1. The molecule has 0 aromatic heterocycles. The highest BCUT2D eigenvalue weighted by atomic mass is 16.9. The maximum absolute atomic E-state index is 9.09. The van der Waals surface area contributed by atoms with Crippen molar-refractivity contribution in [3.8, 4) is 0 Å². The van der Waals surface area contributed by atoms with Crippen LogP contribution in [0.3, 0.4) is 0 Å². The summed E-state index contributed by atoms with van der Waals surface area (Å²) in [6.45, 7) is 0. The first-order valence-electron chi connectivity index (χ1n) is 4.14. The Bertz CT molecular complexity index is 117. The van der Waals surface area contributed by atoms with Crippen molar-refractivity contribution in [1.82, 2.24) is 0 Å². The summed E-state index contributed by atoms with van der Waals surface area (Å²) in [5.74, 6) is 0. The van der Waals surface area contributed by atoms with Crippen LogP contribution in [-0.2, 0) is 0 Å². The predicted octanol–water partition coefficient (Wildman–Crippen LogP) is 1.35. The molecule has 0 heterocycles. The molecule has 0 amide bonds. The molecule has 5 nitrogen and oxygen atoms in total. The van der Waals surface area contributed by atoms with Crippen LogP contribution in [0.1, 0.15) is 38.5 Å². The molecule has 0 aromatic rings. The highest BCUT2D eigenvalue weighted by Gasteiger charge is 2.06. The van der Waals surface area contributed by atoms with Gasteiger partial charge in [-0.2, -0.15) is 0 Å². The molecule has 12 heavy (non-hydrogen) atoms. The van der Waals surface area contributed by atoms with Gasteiger partial charge in [0, 0.05) is 0 Å². The number of hydrogen-bond donors (Lipinski definition) is 2. The third kappa shape index (κ3) is 9.16. The van der Waals surface area contributed by atoms with Gasteiger partial charge < -0.3 is 10.3 Å². The van der Waals surface area contributed by atoms with Gasteiger partial charge in [-0.15, -0.1) is 10.1 Å². The van der Waals surface area contributed by atoms with Gasteiger partial charge in [-0.05, 0) is 12.8 Å². The second kappa shape index (κ2) is 6.84. The summed E-state index contributed by atoms with van der Waals surface area (Å²) in [6.07, 6.45) is 7.24. The first-order chi connectivity index (χ1) is 5.63. The minimum Gasteiger partial charge on any atom is -0.393 e. The van der Waals surface area contributed by atoms with Gasteiger partial charge in [0.1, 0.15) is 0 Å². The first-order valence-corrected chi connectivity index (χ1v) is 4.14. The highest BCUT2D eigenvalue weighted by Crippen LogP contribution is 2.16. The van der Waals surface area contributed by atoms with E-state index in [9.17, 15) is 0 Å². The number of nitrogens with zero attached hydrogens (tertiary/aromatic N) is 1. The Kier molecular flexibility index (Phi) is 6.37. The minimum atomic E-state index is -1.50. The standard InChI is InChI=1S/C7H14O.HNO3/c8-7-5-3-1-2-4-6-7;2-1(3)4/h7-8H,1-6H2;(H,2,3,4). The summed E-state index contributed by atoms with van der Waals surface area (Å²) < 4.78 is 0. The van der Waals surface area contributed by atoms with Gasteiger partial charge in [0.25, 0.3) is 5.09 Å². The fourth-order valence-electron chi connectivity index (χ4n) is 1.26. The van der Waals surface area contributed by atoms with Gasteiger partial charge in [-0.1, -0.05) is 25.7 Å². The molecule has 0 atom stereocenters. The van der Waals surface area contributed by atoms with Crippen LogP contribution in [0.15, 0.2) is 0 Å². The predicted molar refractivity (Wildman–Crippen MR) is 42.5 cm³/mol. The van der Waals surface area contributed by atoms with E-state index in [4.69, 9.17) is 20.4 Å². The monoisotopic (exact) mass is 177 g/mol. The van der Waals surface area contributed by atoms with Gasteiger partial charge in [0.2, 0.25) is 0 Å². The van der Waals surface area contributed by atoms with Crippen molar-refractivity contribution >= 4 is 0 Å². The third-order valence-corrected chi connectivity index (χ3v) is 1.82. The van der Waals surface area contributed by atoms with Crippen LogP contribution in [0.25, 0.3) is 0 Å². The molecule has 72 valence electrons. The van der Waals surface area contributed by atoms with Crippen molar-refractivity contribution in [3.05, 3.63) is 10.1 Å². The van der Waals surface area contributed by atoms with Crippen molar-refractivity contribution in [2.45, 2.75) is 44.6 Å². The van der Waals surface area contributed by atoms with Gasteiger partial charge >= 0.3 is 0 Å². The minimum absolute atomic E-state index is 0.0255. The molecular weight excluding hydrogens is 162 g/mol. The average molecular weight is 177 g/mol. The molecule has 0 radical (unpaired) electrons. The molecule has 0 aromatic carbocycles. The molecule has 0 unspecified atom stereocenters. The van der Waals surface area contributed by atoms with Crippen molar-refractivity contribution in [2.75, 3.05) is 0 Å². The molecule has 2 N–H and O–H groups in total. The normalized spacial score (nSPS) is 18.8. The molecule has 0 bridgehead atoms. The molecule has 1 rings (SSSR count).